The van der Waals surface area contributed by atoms with Crippen molar-refractivity contribution in [1.29, 1.82) is 0 Å². The molecule has 1 aliphatic carbocycles. The van der Waals surface area contributed by atoms with Crippen LogP contribution in [0.15, 0.2) is 24.3 Å². The minimum absolute atomic E-state index is 0.00273. The molecule has 0 unspecified atom stereocenters. The van der Waals surface area contributed by atoms with E-state index in [1.165, 1.54) is 12.0 Å². The highest BCUT2D eigenvalue weighted by atomic mass is 16.2. The predicted molar refractivity (Wildman–Crippen MR) is 77.7 cm³/mol. The van der Waals surface area contributed by atoms with Gasteiger partial charge in [0.15, 0.2) is 0 Å². The third-order valence-electron chi connectivity index (χ3n) is 4.20. The molecular formula is C16H24N2O. The summed E-state index contributed by atoms with van der Waals surface area (Å²) in [7, 11) is 0. The summed E-state index contributed by atoms with van der Waals surface area (Å²) >= 11 is 0. The maximum atomic E-state index is 12.4. The number of carbonyl (C=O) groups excluding carboxylic acids is 1. The summed E-state index contributed by atoms with van der Waals surface area (Å²) in [5.74, 6) is 0.00273. The molecule has 0 saturated heterocycles. The quantitative estimate of drug-likeness (QED) is 0.878. The second-order valence-corrected chi connectivity index (χ2v) is 5.77. The minimum atomic E-state index is -0.658. The molecule has 1 aromatic rings. The Kier molecular flexibility index (Phi) is 4.25. The summed E-state index contributed by atoms with van der Waals surface area (Å²) in [5.41, 5.74) is 7.96. The van der Waals surface area contributed by atoms with E-state index in [-0.39, 0.29) is 11.9 Å². The largest absolute Gasteiger partial charge is 0.348 e. The van der Waals surface area contributed by atoms with Crippen molar-refractivity contribution in [1.82, 2.24) is 5.32 Å². The average molecular weight is 260 g/mol. The van der Waals surface area contributed by atoms with Gasteiger partial charge in [-0.15, -0.1) is 0 Å². The van der Waals surface area contributed by atoms with Crippen LogP contribution in [0.3, 0.4) is 0 Å². The number of aryl methyl sites for hydroxylation is 1. The van der Waals surface area contributed by atoms with Crippen molar-refractivity contribution >= 4 is 5.91 Å². The fourth-order valence-corrected chi connectivity index (χ4v) is 2.90. The molecule has 2 rings (SSSR count). The van der Waals surface area contributed by atoms with Gasteiger partial charge in [-0.3, -0.25) is 4.79 Å². The second-order valence-electron chi connectivity index (χ2n) is 5.77. The lowest BCUT2D eigenvalue weighted by Crippen LogP contribution is -2.55. The third-order valence-corrected chi connectivity index (χ3v) is 4.20. The van der Waals surface area contributed by atoms with E-state index >= 15 is 0 Å². The van der Waals surface area contributed by atoms with Gasteiger partial charge in [0.05, 0.1) is 11.6 Å². The zero-order valence-electron chi connectivity index (χ0n) is 11.9. The molecule has 19 heavy (non-hydrogen) atoms. The van der Waals surface area contributed by atoms with Gasteiger partial charge in [-0.2, -0.15) is 0 Å². The first-order valence-corrected chi connectivity index (χ1v) is 7.18. The summed E-state index contributed by atoms with van der Waals surface area (Å²) in [6, 6.07) is 8.15. The molecule has 1 fully saturated rings. The SMILES string of the molecule is Cc1ccccc1[C@@H](C)NC(=O)C1(N)CCCCC1. The van der Waals surface area contributed by atoms with Gasteiger partial charge in [0, 0.05) is 0 Å². The lowest BCUT2D eigenvalue weighted by Gasteiger charge is -2.33. The topological polar surface area (TPSA) is 55.1 Å². The Morgan fingerprint density at radius 3 is 2.53 bits per heavy atom. The Balaban J connectivity index is 2.04. The highest BCUT2D eigenvalue weighted by Gasteiger charge is 2.35. The van der Waals surface area contributed by atoms with E-state index in [1.54, 1.807) is 0 Å². The van der Waals surface area contributed by atoms with Gasteiger partial charge >= 0.3 is 0 Å². The standard InChI is InChI=1S/C16H24N2O/c1-12-8-4-5-9-14(12)13(2)18-15(19)16(17)10-6-3-7-11-16/h4-5,8-9,13H,3,6-7,10-11,17H2,1-2H3,(H,18,19)/t13-/m1/s1. The molecule has 1 amide bonds. The lowest BCUT2D eigenvalue weighted by atomic mass is 9.81. The van der Waals surface area contributed by atoms with E-state index < -0.39 is 5.54 Å². The van der Waals surface area contributed by atoms with E-state index in [0.29, 0.717) is 0 Å². The summed E-state index contributed by atoms with van der Waals surface area (Å²) < 4.78 is 0. The zero-order chi connectivity index (χ0) is 13.9. The highest BCUT2D eigenvalue weighted by Crippen LogP contribution is 2.27. The Labute approximate surface area is 115 Å². The van der Waals surface area contributed by atoms with Crippen molar-refractivity contribution in [2.24, 2.45) is 5.73 Å². The molecule has 0 aromatic heterocycles. The van der Waals surface area contributed by atoms with Crippen LogP contribution >= 0.6 is 0 Å². The Morgan fingerprint density at radius 1 is 1.26 bits per heavy atom. The first-order valence-electron chi connectivity index (χ1n) is 7.18. The number of nitrogens with two attached hydrogens (primary N) is 1. The van der Waals surface area contributed by atoms with Crippen LogP contribution in [-0.2, 0) is 4.79 Å². The van der Waals surface area contributed by atoms with Crippen LogP contribution in [0.4, 0.5) is 0 Å². The lowest BCUT2D eigenvalue weighted by molar-refractivity contribution is -0.128. The smallest absolute Gasteiger partial charge is 0.240 e. The predicted octanol–water partition coefficient (Wildman–Crippen LogP) is 2.83. The Bertz CT molecular complexity index is 450. The fraction of sp³-hybridized carbons (Fsp3) is 0.562. The van der Waals surface area contributed by atoms with Gasteiger partial charge in [0.2, 0.25) is 5.91 Å². The minimum Gasteiger partial charge on any atom is -0.348 e. The molecule has 0 bridgehead atoms. The first kappa shape index (κ1) is 14.1. The average Bonchev–Trinajstić information content (AvgIpc) is 2.40. The molecule has 0 heterocycles. The van der Waals surface area contributed by atoms with Crippen molar-refractivity contribution in [3.05, 3.63) is 35.4 Å². The molecule has 3 nitrogen and oxygen atoms in total. The highest BCUT2D eigenvalue weighted by molar-refractivity contribution is 5.86. The third kappa shape index (κ3) is 3.16. The maximum Gasteiger partial charge on any atom is 0.240 e. The number of benzene rings is 1. The number of carbonyl (C=O) groups is 1. The molecule has 3 heteroatoms. The number of amides is 1. The van der Waals surface area contributed by atoms with Gasteiger partial charge in [0.1, 0.15) is 0 Å². The van der Waals surface area contributed by atoms with Gasteiger partial charge in [-0.25, -0.2) is 0 Å². The van der Waals surface area contributed by atoms with Crippen LogP contribution < -0.4 is 11.1 Å². The van der Waals surface area contributed by atoms with Crippen LogP contribution in [0.2, 0.25) is 0 Å². The van der Waals surface area contributed by atoms with Crippen LogP contribution in [0.1, 0.15) is 56.2 Å². The molecule has 0 aliphatic heterocycles. The maximum absolute atomic E-state index is 12.4. The zero-order valence-corrected chi connectivity index (χ0v) is 11.9. The van der Waals surface area contributed by atoms with Crippen LogP contribution in [0.25, 0.3) is 0 Å². The number of hydrogen-bond acceptors (Lipinski definition) is 2. The molecule has 3 N–H and O–H groups in total. The van der Waals surface area contributed by atoms with Crippen molar-refractivity contribution < 1.29 is 4.79 Å². The molecule has 0 spiro atoms. The van der Waals surface area contributed by atoms with E-state index in [0.717, 1.165) is 31.2 Å². The van der Waals surface area contributed by atoms with Crippen LogP contribution in [-0.4, -0.2) is 11.4 Å². The van der Waals surface area contributed by atoms with Gasteiger partial charge < -0.3 is 11.1 Å². The molecular weight excluding hydrogens is 236 g/mol. The summed E-state index contributed by atoms with van der Waals surface area (Å²) in [6.07, 6.45) is 4.92. The van der Waals surface area contributed by atoms with E-state index in [4.69, 9.17) is 5.73 Å². The van der Waals surface area contributed by atoms with Gasteiger partial charge in [0.25, 0.3) is 0 Å². The second kappa shape index (κ2) is 5.74. The molecule has 1 saturated carbocycles. The fourth-order valence-electron chi connectivity index (χ4n) is 2.90. The molecule has 1 aromatic carbocycles. The number of hydrogen-bond donors (Lipinski definition) is 2. The molecule has 1 atom stereocenters. The molecule has 104 valence electrons. The van der Waals surface area contributed by atoms with Crippen molar-refractivity contribution in [2.75, 3.05) is 0 Å². The van der Waals surface area contributed by atoms with Crippen molar-refractivity contribution in [3.63, 3.8) is 0 Å². The van der Waals surface area contributed by atoms with Gasteiger partial charge in [-0.05, 0) is 37.8 Å². The number of rotatable bonds is 3. The summed E-state index contributed by atoms with van der Waals surface area (Å²) in [6.45, 7) is 4.09. The monoisotopic (exact) mass is 260 g/mol. The molecule has 1 aliphatic rings. The van der Waals surface area contributed by atoms with E-state index in [2.05, 4.69) is 24.4 Å². The Hall–Kier alpha value is -1.35. The van der Waals surface area contributed by atoms with Gasteiger partial charge in [-0.1, -0.05) is 43.5 Å². The first-order chi connectivity index (χ1) is 9.03. The van der Waals surface area contributed by atoms with Crippen molar-refractivity contribution in [3.8, 4) is 0 Å². The van der Waals surface area contributed by atoms with Crippen LogP contribution in [0.5, 0.6) is 0 Å². The Morgan fingerprint density at radius 2 is 1.89 bits per heavy atom. The summed E-state index contributed by atoms with van der Waals surface area (Å²) in [5, 5.41) is 3.08. The van der Waals surface area contributed by atoms with E-state index in [1.807, 2.05) is 19.1 Å². The number of nitrogens with one attached hydrogen (secondary N) is 1. The normalized spacial score (nSPS) is 19.7. The summed E-state index contributed by atoms with van der Waals surface area (Å²) in [4.78, 5) is 12.4. The van der Waals surface area contributed by atoms with Crippen LogP contribution in [0, 0.1) is 6.92 Å². The molecule has 0 radical (unpaired) electrons. The van der Waals surface area contributed by atoms with E-state index in [9.17, 15) is 4.79 Å². The van der Waals surface area contributed by atoms with Crippen molar-refractivity contribution in [2.45, 2.75) is 57.5 Å².